The second-order valence-corrected chi connectivity index (χ2v) is 6.20. The first-order chi connectivity index (χ1) is 7.63. The largest absolute Gasteiger partial charge is 0.323 e. The molecule has 0 spiro atoms. The van der Waals surface area contributed by atoms with Gasteiger partial charge >= 0.3 is 0 Å². The number of hydrogen-bond acceptors (Lipinski definition) is 2. The predicted octanol–water partition coefficient (Wildman–Crippen LogP) is 4.08. The number of thioether (sulfide) groups is 1. The molecule has 2 atom stereocenters. The van der Waals surface area contributed by atoms with Crippen LogP contribution >= 0.6 is 11.8 Å². The van der Waals surface area contributed by atoms with Gasteiger partial charge in [0.25, 0.3) is 0 Å². The van der Waals surface area contributed by atoms with Crippen molar-refractivity contribution in [1.82, 2.24) is 0 Å². The van der Waals surface area contributed by atoms with E-state index in [1.807, 2.05) is 11.8 Å². The van der Waals surface area contributed by atoms with Crippen molar-refractivity contribution in [2.24, 2.45) is 5.73 Å². The molecule has 2 heteroatoms. The zero-order valence-corrected chi connectivity index (χ0v) is 11.2. The van der Waals surface area contributed by atoms with E-state index in [0.29, 0.717) is 11.2 Å². The first-order valence-electron chi connectivity index (χ1n) is 6.19. The zero-order chi connectivity index (χ0) is 11.7. The molecule has 0 saturated heterocycles. The fourth-order valence-electron chi connectivity index (χ4n) is 2.25. The van der Waals surface area contributed by atoms with Gasteiger partial charge in [-0.1, -0.05) is 39.3 Å². The summed E-state index contributed by atoms with van der Waals surface area (Å²) in [5.41, 5.74) is 9.10. The SMILES string of the molecule is CCCC1Sc2ccc(C(C)C)cc2C1N. The molecule has 1 aliphatic rings. The standard InChI is InChI=1S/C14H21NS/c1-4-5-13-14(15)11-8-10(9(2)3)6-7-12(11)16-13/h6-9,13-14H,4-5,15H2,1-3H3. The minimum Gasteiger partial charge on any atom is -0.323 e. The summed E-state index contributed by atoms with van der Waals surface area (Å²) in [6.07, 6.45) is 2.44. The van der Waals surface area contributed by atoms with Gasteiger partial charge < -0.3 is 5.73 Å². The Morgan fingerprint density at radius 3 is 2.75 bits per heavy atom. The van der Waals surface area contributed by atoms with Gasteiger partial charge in [-0.2, -0.15) is 0 Å². The maximum absolute atomic E-state index is 6.32. The molecule has 0 bridgehead atoms. The molecule has 1 nitrogen and oxygen atoms in total. The Bertz CT molecular complexity index is 373. The summed E-state index contributed by atoms with van der Waals surface area (Å²) in [5, 5.41) is 0.586. The topological polar surface area (TPSA) is 26.0 Å². The molecule has 0 amide bonds. The van der Waals surface area contributed by atoms with Gasteiger partial charge in [0.1, 0.15) is 0 Å². The maximum Gasteiger partial charge on any atom is 0.0430 e. The molecular weight excluding hydrogens is 214 g/mol. The van der Waals surface area contributed by atoms with Gasteiger partial charge in [-0.15, -0.1) is 11.8 Å². The lowest BCUT2D eigenvalue weighted by Gasteiger charge is -2.14. The molecule has 2 N–H and O–H groups in total. The van der Waals surface area contributed by atoms with Crippen molar-refractivity contribution in [3.63, 3.8) is 0 Å². The molecule has 2 rings (SSSR count). The Hall–Kier alpha value is -0.470. The van der Waals surface area contributed by atoms with Crippen LogP contribution in [0.4, 0.5) is 0 Å². The fraction of sp³-hybridized carbons (Fsp3) is 0.571. The minimum absolute atomic E-state index is 0.235. The van der Waals surface area contributed by atoms with Crippen LogP contribution in [0, 0.1) is 0 Å². The lowest BCUT2D eigenvalue weighted by molar-refractivity contribution is 0.629. The summed E-state index contributed by atoms with van der Waals surface area (Å²) >= 11 is 1.96. The van der Waals surface area contributed by atoms with Crippen molar-refractivity contribution in [2.75, 3.05) is 0 Å². The van der Waals surface area contributed by atoms with E-state index in [1.165, 1.54) is 28.9 Å². The van der Waals surface area contributed by atoms with Crippen LogP contribution in [0.3, 0.4) is 0 Å². The van der Waals surface area contributed by atoms with Gasteiger partial charge in [-0.05, 0) is 29.5 Å². The van der Waals surface area contributed by atoms with Crippen molar-refractivity contribution in [3.8, 4) is 0 Å². The summed E-state index contributed by atoms with van der Waals surface area (Å²) < 4.78 is 0. The van der Waals surface area contributed by atoms with Crippen LogP contribution in [0.25, 0.3) is 0 Å². The van der Waals surface area contributed by atoms with E-state index in [4.69, 9.17) is 5.73 Å². The van der Waals surface area contributed by atoms with Gasteiger partial charge in [0, 0.05) is 16.2 Å². The highest BCUT2D eigenvalue weighted by Gasteiger charge is 2.29. The second kappa shape index (κ2) is 4.80. The van der Waals surface area contributed by atoms with Crippen molar-refractivity contribution in [3.05, 3.63) is 29.3 Å². The Morgan fingerprint density at radius 2 is 2.12 bits per heavy atom. The highest BCUT2D eigenvalue weighted by Crippen LogP contribution is 2.45. The third-order valence-electron chi connectivity index (χ3n) is 3.31. The molecule has 1 aromatic carbocycles. The molecule has 0 aromatic heterocycles. The first-order valence-corrected chi connectivity index (χ1v) is 7.07. The van der Waals surface area contributed by atoms with Crippen LogP contribution in [0.2, 0.25) is 0 Å². The Kier molecular flexibility index (Phi) is 3.60. The summed E-state index contributed by atoms with van der Waals surface area (Å²) in [6, 6.07) is 7.05. The summed E-state index contributed by atoms with van der Waals surface area (Å²) in [7, 11) is 0. The van der Waals surface area contributed by atoms with Crippen LogP contribution in [0.15, 0.2) is 23.1 Å². The van der Waals surface area contributed by atoms with E-state index in [9.17, 15) is 0 Å². The molecule has 1 aromatic rings. The van der Waals surface area contributed by atoms with Gasteiger partial charge in [-0.3, -0.25) is 0 Å². The normalized spacial score (nSPS) is 23.8. The molecule has 0 saturated carbocycles. The van der Waals surface area contributed by atoms with Gasteiger partial charge in [-0.25, -0.2) is 0 Å². The van der Waals surface area contributed by atoms with E-state index in [2.05, 4.69) is 39.0 Å². The van der Waals surface area contributed by atoms with E-state index in [0.717, 1.165) is 0 Å². The molecule has 16 heavy (non-hydrogen) atoms. The molecule has 1 heterocycles. The molecule has 0 aliphatic carbocycles. The van der Waals surface area contributed by atoms with Crippen LogP contribution in [0.5, 0.6) is 0 Å². The smallest absolute Gasteiger partial charge is 0.0430 e. The lowest BCUT2D eigenvalue weighted by atomic mass is 9.96. The lowest BCUT2D eigenvalue weighted by Crippen LogP contribution is -2.19. The highest BCUT2D eigenvalue weighted by molar-refractivity contribution is 8.00. The molecule has 0 fully saturated rings. The number of benzene rings is 1. The van der Waals surface area contributed by atoms with Gasteiger partial charge in [0.15, 0.2) is 0 Å². The molecule has 2 unspecified atom stereocenters. The average Bonchev–Trinajstić information content (AvgIpc) is 2.56. The summed E-state index contributed by atoms with van der Waals surface area (Å²) in [6.45, 7) is 6.70. The van der Waals surface area contributed by atoms with Gasteiger partial charge in [0.05, 0.1) is 0 Å². The Balaban J connectivity index is 2.27. The third kappa shape index (κ3) is 2.14. The maximum atomic E-state index is 6.32. The highest BCUT2D eigenvalue weighted by atomic mass is 32.2. The summed E-state index contributed by atoms with van der Waals surface area (Å²) in [4.78, 5) is 1.40. The van der Waals surface area contributed by atoms with Crippen LogP contribution in [-0.2, 0) is 0 Å². The van der Waals surface area contributed by atoms with Crippen molar-refractivity contribution >= 4 is 11.8 Å². The Morgan fingerprint density at radius 1 is 1.38 bits per heavy atom. The second-order valence-electron chi connectivity index (χ2n) is 4.92. The van der Waals surface area contributed by atoms with E-state index < -0.39 is 0 Å². The number of rotatable bonds is 3. The Labute approximate surface area is 103 Å². The van der Waals surface area contributed by atoms with Crippen molar-refractivity contribution < 1.29 is 0 Å². The minimum atomic E-state index is 0.235. The van der Waals surface area contributed by atoms with E-state index in [-0.39, 0.29) is 6.04 Å². The van der Waals surface area contributed by atoms with Crippen molar-refractivity contribution in [2.45, 2.75) is 55.7 Å². The number of hydrogen-bond donors (Lipinski definition) is 1. The van der Waals surface area contributed by atoms with Crippen LogP contribution in [-0.4, -0.2) is 5.25 Å². The third-order valence-corrected chi connectivity index (χ3v) is 4.77. The van der Waals surface area contributed by atoms with Crippen LogP contribution < -0.4 is 5.73 Å². The quantitative estimate of drug-likeness (QED) is 0.854. The monoisotopic (exact) mass is 235 g/mol. The zero-order valence-electron chi connectivity index (χ0n) is 10.4. The van der Waals surface area contributed by atoms with E-state index in [1.54, 1.807) is 0 Å². The van der Waals surface area contributed by atoms with Crippen LogP contribution in [0.1, 0.15) is 56.7 Å². The van der Waals surface area contributed by atoms with Gasteiger partial charge in [0.2, 0.25) is 0 Å². The molecule has 88 valence electrons. The summed E-state index contributed by atoms with van der Waals surface area (Å²) in [5.74, 6) is 0.590. The fourth-order valence-corrected chi connectivity index (χ4v) is 3.70. The molecule has 0 radical (unpaired) electrons. The van der Waals surface area contributed by atoms with Crippen molar-refractivity contribution in [1.29, 1.82) is 0 Å². The van der Waals surface area contributed by atoms with E-state index >= 15 is 0 Å². The number of nitrogens with two attached hydrogens (primary N) is 1. The molecule has 1 aliphatic heterocycles. The predicted molar refractivity (Wildman–Crippen MR) is 72.0 cm³/mol. The first kappa shape index (κ1) is 12.0. The number of fused-ring (bicyclic) bond motifs is 1. The average molecular weight is 235 g/mol. The molecular formula is C14H21NS.